The van der Waals surface area contributed by atoms with Crippen LogP contribution in [-0.2, 0) is 11.2 Å². The molecule has 0 aliphatic rings. The van der Waals surface area contributed by atoms with Crippen molar-refractivity contribution >= 4 is 17.7 Å². The van der Waals surface area contributed by atoms with Crippen molar-refractivity contribution in [2.24, 2.45) is 0 Å². The second kappa shape index (κ2) is 7.41. The minimum Gasteiger partial charge on any atom is -0.508 e. The van der Waals surface area contributed by atoms with Gasteiger partial charge in [-0.25, -0.2) is 0 Å². The molecule has 0 aliphatic heterocycles. The van der Waals surface area contributed by atoms with Crippen molar-refractivity contribution in [2.45, 2.75) is 22.4 Å². The molecule has 23 heavy (non-hydrogen) atoms. The number of carbonyl (C=O) groups is 1. The van der Waals surface area contributed by atoms with Crippen molar-refractivity contribution in [3.05, 3.63) is 54.1 Å². The molecule has 3 nitrogen and oxygen atoms in total. The van der Waals surface area contributed by atoms with E-state index in [0.717, 1.165) is 15.4 Å². The molecule has 2 rings (SSSR count). The summed E-state index contributed by atoms with van der Waals surface area (Å²) in [5, 5.41) is 11.1. The summed E-state index contributed by atoms with van der Waals surface area (Å²) in [5.74, 6) is -1.72. The van der Waals surface area contributed by atoms with E-state index in [9.17, 15) is 23.1 Å². The van der Waals surface area contributed by atoms with Gasteiger partial charge in [-0.1, -0.05) is 23.9 Å². The first-order chi connectivity index (χ1) is 10.8. The van der Waals surface area contributed by atoms with Crippen LogP contribution in [0.3, 0.4) is 0 Å². The summed E-state index contributed by atoms with van der Waals surface area (Å²) in [6, 6.07) is 14.1. The number of carbonyl (C=O) groups excluding carboxylic acids is 1. The lowest BCUT2D eigenvalue weighted by Gasteiger charge is -2.08. The molecular formula is C16H14F3NO2S. The van der Waals surface area contributed by atoms with E-state index in [1.54, 1.807) is 24.3 Å². The summed E-state index contributed by atoms with van der Waals surface area (Å²) in [5.41, 5.74) is 0.836. The Morgan fingerprint density at radius 3 is 2.04 bits per heavy atom. The fourth-order valence-corrected chi connectivity index (χ4v) is 2.61. The Kier molecular flexibility index (Phi) is 5.54. The van der Waals surface area contributed by atoms with Crippen LogP contribution >= 0.6 is 11.8 Å². The lowest BCUT2D eigenvalue weighted by molar-refractivity contribution is -0.173. The van der Waals surface area contributed by atoms with Gasteiger partial charge < -0.3 is 10.4 Å². The van der Waals surface area contributed by atoms with Crippen molar-refractivity contribution in [1.82, 2.24) is 5.32 Å². The van der Waals surface area contributed by atoms with E-state index in [4.69, 9.17) is 0 Å². The van der Waals surface area contributed by atoms with Gasteiger partial charge in [-0.15, -0.1) is 0 Å². The van der Waals surface area contributed by atoms with Crippen LogP contribution < -0.4 is 5.32 Å². The maximum Gasteiger partial charge on any atom is 0.471 e. The van der Waals surface area contributed by atoms with Crippen molar-refractivity contribution in [1.29, 1.82) is 0 Å². The van der Waals surface area contributed by atoms with Crippen LogP contribution in [0.2, 0.25) is 0 Å². The molecule has 0 fully saturated rings. The number of rotatable bonds is 5. The smallest absolute Gasteiger partial charge is 0.471 e. The van der Waals surface area contributed by atoms with Gasteiger partial charge in [-0.2, -0.15) is 13.2 Å². The molecule has 7 heteroatoms. The second-order valence-electron chi connectivity index (χ2n) is 4.74. The van der Waals surface area contributed by atoms with Gasteiger partial charge in [-0.3, -0.25) is 4.79 Å². The lowest BCUT2D eigenvalue weighted by Crippen LogP contribution is -2.37. The molecule has 122 valence electrons. The summed E-state index contributed by atoms with van der Waals surface area (Å²) in [6.07, 6.45) is -4.52. The number of alkyl halides is 3. The van der Waals surface area contributed by atoms with Crippen LogP contribution in [0.4, 0.5) is 13.2 Å². The monoisotopic (exact) mass is 341 g/mol. The Bertz CT molecular complexity index is 655. The van der Waals surface area contributed by atoms with E-state index in [2.05, 4.69) is 0 Å². The SMILES string of the molecule is O=C(NCCc1ccc(Sc2ccc(O)cc2)cc1)C(F)(F)F. The summed E-state index contributed by atoms with van der Waals surface area (Å²) in [7, 11) is 0. The fourth-order valence-electron chi connectivity index (χ4n) is 1.80. The Morgan fingerprint density at radius 2 is 1.52 bits per heavy atom. The number of benzene rings is 2. The molecule has 1 amide bonds. The highest BCUT2D eigenvalue weighted by Crippen LogP contribution is 2.28. The van der Waals surface area contributed by atoms with Gasteiger partial charge in [0.25, 0.3) is 0 Å². The molecule has 0 spiro atoms. The van der Waals surface area contributed by atoms with Crippen LogP contribution in [-0.4, -0.2) is 23.7 Å². The Morgan fingerprint density at radius 1 is 1.00 bits per heavy atom. The molecule has 0 bridgehead atoms. The molecule has 0 saturated carbocycles. The zero-order valence-electron chi connectivity index (χ0n) is 11.9. The highest BCUT2D eigenvalue weighted by atomic mass is 32.2. The molecule has 2 aromatic rings. The zero-order valence-corrected chi connectivity index (χ0v) is 12.7. The van der Waals surface area contributed by atoms with Crippen LogP contribution in [0.25, 0.3) is 0 Å². The molecule has 0 atom stereocenters. The minimum absolute atomic E-state index is 0.0667. The molecule has 0 heterocycles. The summed E-state index contributed by atoms with van der Waals surface area (Å²) in [6.45, 7) is -0.0667. The van der Waals surface area contributed by atoms with E-state index in [-0.39, 0.29) is 12.3 Å². The number of halogens is 3. The van der Waals surface area contributed by atoms with Crippen LogP contribution in [0, 0.1) is 0 Å². The first-order valence-corrected chi connectivity index (χ1v) is 7.57. The van der Waals surface area contributed by atoms with E-state index in [0.29, 0.717) is 6.42 Å². The first kappa shape index (κ1) is 17.2. The maximum absolute atomic E-state index is 12.0. The Hall–Kier alpha value is -2.15. The molecular weight excluding hydrogens is 327 g/mol. The molecule has 2 aromatic carbocycles. The molecule has 0 saturated heterocycles. The summed E-state index contributed by atoms with van der Waals surface area (Å²) >= 11 is 1.51. The number of hydrogen-bond donors (Lipinski definition) is 2. The van der Waals surface area contributed by atoms with Gasteiger partial charge in [0.1, 0.15) is 5.75 Å². The number of nitrogens with one attached hydrogen (secondary N) is 1. The maximum atomic E-state index is 12.0. The van der Waals surface area contributed by atoms with Crippen molar-refractivity contribution in [2.75, 3.05) is 6.54 Å². The number of aromatic hydroxyl groups is 1. The zero-order chi connectivity index (χ0) is 16.9. The number of hydrogen-bond acceptors (Lipinski definition) is 3. The van der Waals surface area contributed by atoms with Crippen LogP contribution in [0.1, 0.15) is 5.56 Å². The number of amides is 1. The third-order valence-corrected chi connectivity index (χ3v) is 3.97. The van der Waals surface area contributed by atoms with E-state index >= 15 is 0 Å². The number of phenolic OH excluding ortho intramolecular Hbond substituents is 1. The lowest BCUT2D eigenvalue weighted by atomic mass is 10.1. The van der Waals surface area contributed by atoms with Gasteiger partial charge >= 0.3 is 12.1 Å². The Balaban J connectivity index is 1.85. The van der Waals surface area contributed by atoms with E-state index < -0.39 is 12.1 Å². The predicted octanol–water partition coefficient (Wildman–Crippen LogP) is 3.76. The van der Waals surface area contributed by atoms with Crippen molar-refractivity contribution in [3.8, 4) is 5.75 Å². The molecule has 0 radical (unpaired) electrons. The third kappa shape index (κ3) is 5.52. The standard InChI is InChI=1S/C16H14F3NO2S/c17-16(18,19)15(22)20-10-9-11-1-5-13(6-2-11)23-14-7-3-12(21)4-8-14/h1-8,21H,9-10H2,(H,20,22). The van der Waals surface area contributed by atoms with Gasteiger partial charge in [-0.05, 0) is 48.4 Å². The highest BCUT2D eigenvalue weighted by Gasteiger charge is 2.38. The summed E-state index contributed by atoms with van der Waals surface area (Å²) in [4.78, 5) is 12.6. The predicted molar refractivity (Wildman–Crippen MR) is 81.4 cm³/mol. The largest absolute Gasteiger partial charge is 0.508 e. The normalized spacial score (nSPS) is 11.3. The highest BCUT2D eigenvalue weighted by molar-refractivity contribution is 7.99. The van der Waals surface area contributed by atoms with Crippen molar-refractivity contribution in [3.63, 3.8) is 0 Å². The van der Waals surface area contributed by atoms with Crippen LogP contribution in [0.15, 0.2) is 58.3 Å². The average Bonchev–Trinajstić information content (AvgIpc) is 2.50. The van der Waals surface area contributed by atoms with Crippen LogP contribution in [0.5, 0.6) is 5.75 Å². The van der Waals surface area contributed by atoms with Gasteiger partial charge in [0, 0.05) is 16.3 Å². The molecule has 2 N–H and O–H groups in total. The third-order valence-electron chi connectivity index (χ3n) is 2.95. The number of phenols is 1. The van der Waals surface area contributed by atoms with Gasteiger partial charge in [0.2, 0.25) is 0 Å². The van der Waals surface area contributed by atoms with Gasteiger partial charge in [0.15, 0.2) is 0 Å². The van der Waals surface area contributed by atoms with Gasteiger partial charge in [0.05, 0.1) is 0 Å². The topological polar surface area (TPSA) is 49.3 Å². The minimum atomic E-state index is -4.84. The first-order valence-electron chi connectivity index (χ1n) is 6.75. The van der Waals surface area contributed by atoms with Crippen molar-refractivity contribution < 1.29 is 23.1 Å². The molecule has 0 aromatic heterocycles. The molecule has 0 unspecified atom stereocenters. The second-order valence-corrected chi connectivity index (χ2v) is 5.89. The fraction of sp³-hybridized carbons (Fsp3) is 0.188. The quantitative estimate of drug-likeness (QED) is 0.870. The Labute approximate surface area is 135 Å². The molecule has 0 aliphatic carbocycles. The summed E-state index contributed by atoms with van der Waals surface area (Å²) < 4.78 is 36.1. The average molecular weight is 341 g/mol. The van der Waals surface area contributed by atoms with E-state index in [1.807, 2.05) is 29.6 Å². The van der Waals surface area contributed by atoms with E-state index in [1.165, 1.54) is 11.8 Å².